The third kappa shape index (κ3) is 6.34. The maximum atomic E-state index is 13.1. The summed E-state index contributed by atoms with van der Waals surface area (Å²) in [5, 5.41) is 17.0. The number of amides is 2. The van der Waals surface area contributed by atoms with Crippen molar-refractivity contribution in [2.45, 2.75) is 0 Å². The number of non-ortho nitro benzene ring substituents is 1. The molecule has 0 saturated heterocycles. The topological polar surface area (TPSA) is 111 Å². The minimum absolute atomic E-state index is 0.0941. The van der Waals surface area contributed by atoms with Crippen LogP contribution >= 0.6 is 39.1 Å². The van der Waals surface area contributed by atoms with Crippen LogP contribution < -0.4 is 15.4 Å². The Labute approximate surface area is 212 Å². The van der Waals surface area contributed by atoms with E-state index in [4.69, 9.17) is 27.9 Å². The Morgan fingerprint density at radius 2 is 1.76 bits per heavy atom. The molecule has 3 rings (SSSR count). The van der Waals surface area contributed by atoms with Crippen molar-refractivity contribution in [3.63, 3.8) is 0 Å². The molecule has 0 heterocycles. The van der Waals surface area contributed by atoms with Crippen LogP contribution in [0.4, 0.5) is 11.4 Å². The normalized spacial score (nSPS) is 11.0. The Bertz CT molecular complexity index is 1310. The van der Waals surface area contributed by atoms with Gasteiger partial charge in [0.25, 0.3) is 17.5 Å². The smallest absolute Gasteiger partial charge is 0.272 e. The number of hydrogen-bond acceptors (Lipinski definition) is 5. The van der Waals surface area contributed by atoms with Crippen molar-refractivity contribution in [1.82, 2.24) is 5.32 Å². The van der Waals surface area contributed by atoms with E-state index in [1.165, 1.54) is 49.6 Å². The van der Waals surface area contributed by atoms with Crippen molar-refractivity contribution < 1.29 is 19.2 Å². The van der Waals surface area contributed by atoms with Crippen molar-refractivity contribution >= 4 is 68.4 Å². The Morgan fingerprint density at radius 1 is 1.06 bits per heavy atom. The lowest BCUT2D eigenvalue weighted by atomic mass is 10.1. The van der Waals surface area contributed by atoms with Crippen LogP contribution in [0.25, 0.3) is 6.08 Å². The molecule has 3 aromatic rings. The van der Waals surface area contributed by atoms with E-state index >= 15 is 0 Å². The molecule has 11 heteroatoms. The van der Waals surface area contributed by atoms with E-state index in [0.29, 0.717) is 25.8 Å². The third-order valence-corrected chi connectivity index (χ3v) is 5.63. The first kappa shape index (κ1) is 25.2. The number of anilines is 1. The molecule has 2 N–H and O–H groups in total. The zero-order valence-electron chi connectivity index (χ0n) is 17.5. The van der Waals surface area contributed by atoms with E-state index in [9.17, 15) is 19.7 Å². The lowest BCUT2D eigenvalue weighted by Gasteiger charge is -2.14. The van der Waals surface area contributed by atoms with Crippen LogP contribution in [0.1, 0.15) is 15.9 Å². The Morgan fingerprint density at radius 3 is 2.47 bits per heavy atom. The second-order valence-corrected chi connectivity index (χ2v) is 8.51. The predicted molar refractivity (Wildman–Crippen MR) is 134 cm³/mol. The number of hydrogen-bond donors (Lipinski definition) is 2. The van der Waals surface area contributed by atoms with Gasteiger partial charge in [-0.05, 0) is 64.0 Å². The fourth-order valence-corrected chi connectivity index (χ4v) is 3.57. The van der Waals surface area contributed by atoms with Gasteiger partial charge in [-0.1, -0.05) is 35.3 Å². The average Bonchev–Trinajstić information content (AvgIpc) is 2.81. The Kier molecular flexibility index (Phi) is 8.27. The Balaban J connectivity index is 2.01. The van der Waals surface area contributed by atoms with Crippen molar-refractivity contribution in [3.05, 3.63) is 102 Å². The van der Waals surface area contributed by atoms with Gasteiger partial charge in [0.1, 0.15) is 11.4 Å². The maximum Gasteiger partial charge on any atom is 0.272 e. The molecule has 0 bridgehead atoms. The summed E-state index contributed by atoms with van der Waals surface area (Å²) in [7, 11) is 1.39. The van der Waals surface area contributed by atoms with Gasteiger partial charge in [-0.15, -0.1) is 0 Å². The molecule has 0 unspecified atom stereocenters. The van der Waals surface area contributed by atoms with Crippen molar-refractivity contribution in [1.29, 1.82) is 0 Å². The minimum atomic E-state index is -0.691. The number of methoxy groups -OCH3 is 1. The number of nitro groups is 1. The molecule has 8 nitrogen and oxygen atoms in total. The van der Waals surface area contributed by atoms with E-state index in [0.717, 1.165) is 0 Å². The van der Waals surface area contributed by atoms with Crippen LogP contribution in [0.2, 0.25) is 10.0 Å². The van der Waals surface area contributed by atoms with E-state index in [1.807, 2.05) is 0 Å². The standard InChI is InChI=1S/C23H16BrCl2N3O5/c1-34-21-8-6-14(25)11-17(21)22(30)28-20(10-13-3-2-4-16(9-13)29(32)33)23(31)27-19-12-15(26)5-7-18(19)24/h2-12H,1H3,(H,27,31)(H,28,30). The van der Waals surface area contributed by atoms with Gasteiger partial charge >= 0.3 is 0 Å². The average molecular weight is 565 g/mol. The van der Waals surface area contributed by atoms with E-state index < -0.39 is 16.7 Å². The molecule has 0 atom stereocenters. The fraction of sp³-hybridized carbons (Fsp3) is 0.0435. The molecule has 174 valence electrons. The van der Waals surface area contributed by atoms with Crippen LogP contribution in [0.15, 0.2) is 70.8 Å². The zero-order valence-corrected chi connectivity index (χ0v) is 20.6. The summed E-state index contributed by atoms with van der Waals surface area (Å²) in [6.45, 7) is 0. The van der Waals surface area contributed by atoms with Crippen molar-refractivity contribution in [2.75, 3.05) is 12.4 Å². The monoisotopic (exact) mass is 563 g/mol. The molecule has 0 aliphatic rings. The van der Waals surface area contributed by atoms with E-state index in [1.54, 1.807) is 24.3 Å². The third-order valence-electron chi connectivity index (χ3n) is 4.47. The van der Waals surface area contributed by atoms with Gasteiger partial charge in [0.15, 0.2) is 0 Å². The summed E-state index contributed by atoms with van der Waals surface area (Å²) >= 11 is 15.4. The molecule has 3 aromatic carbocycles. The Hall–Kier alpha value is -3.40. The number of ether oxygens (including phenoxy) is 1. The summed E-state index contributed by atoms with van der Waals surface area (Å²) in [5.74, 6) is -1.12. The second kappa shape index (κ2) is 11.1. The van der Waals surface area contributed by atoms with E-state index in [2.05, 4.69) is 26.6 Å². The molecule has 0 aromatic heterocycles. The molecule has 0 saturated carbocycles. The summed E-state index contributed by atoms with van der Waals surface area (Å²) in [6.07, 6.45) is 1.32. The summed E-state index contributed by atoms with van der Waals surface area (Å²) in [6, 6.07) is 14.9. The molecule has 0 fully saturated rings. The second-order valence-electron chi connectivity index (χ2n) is 6.79. The molecule has 0 radical (unpaired) electrons. The van der Waals surface area contributed by atoms with Crippen LogP contribution in [-0.4, -0.2) is 23.8 Å². The van der Waals surface area contributed by atoms with Gasteiger partial charge in [0.2, 0.25) is 0 Å². The molecule has 34 heavy (non-hydrogen) atoms. The van der Waals surface area contributed by atoms with Crippen LogP contribution in [0.5, 0.6) is 5.75 Å². The summed E-state index contributed by atoms with van der Waals surface area (Å²) in [5.41, 5.74) is 0.421. The van der Waals surface area contributed by atoms with Crippen LogP contribution in [0, 0.1) is 10.1 Å². The predicted octanol–water partition coefficient (Wildman–Crippen LogP) is 6.08. The number of nitrogens with one attached hydrogen (secondary N) is 2. The molecule has 0 aliphatic heterocycles. The van der Waals surface area contributed by atoms with Crippen LogP contribution in [0.3, 0.4) is 0 Å². The number of rotatable bonds is 7. The van der Waals surface area contributed by atoms with Crippen molar-refractivity contribution in [3.8, 4) is 5.75 Å². The highest BCUT2D eigenvalue weighted by Crippen LogP contribution is 2.27. The lowest BCUT2D eigenvalue weighted by Crippen LogP contribution is -2.31. The SMILES string of the molecule is COc1ccc(Cl)cc1C(=O)NC(=Cc1cccc([N+](=O)[O-])c1)C(=O)Nc1cc(Cl)ccc1Br. The number of carbonyl (C=O) groups is 2. The lowest BCUT2D eigenvalue weighted by molar-refractivity contribution is -0.384. The first-order chi connectivity index (χ1) is 16.2. The summed E-state index contributed by atoms with van der Waals surface area (Å²) < 4.78 is 5.77. The summed E-state index contributed by atoms with van der Waals surface area (Å²) in [4.78, 5) is 36.7. The highest BCUT2D eigenvalue weighted by molar-refractivity contribution is 9.10. The van der Waals surface area contributed by atoms with Gasteiger partial charge in [0.05, 0.1) is 23.3 Å². The highest BCUT2D eigenvalue weighted by atomic mass is 79.9. The first-order valence-corrected chi connectivity index (χ1v) is 11.1. The molecule has 0 spiro atoms. The molecule has 0 aliphatic carbocycles. The first-order valence-electron chi connectivity index (χ1n) is 9.55. The molecule has 2 amide bonds. The van der Waals surface area contributed by atoms with Crippen molar-refractivity contribution in [2.24, 2.45) is 0 Å². The number of halogens is 3. The van der Waals surface area contributed by atoms with Gasteiger partial charge in [-0.3, -0.25) is 19.7 Å². The van der Waals surface area contributed by atoms with Gasteiger partial charge in [0, 0.05) is 26.7 Å². The minimum Gasteiger partial charge on any atom is -0.496 e. The molecular formula is C23H16BrCl2N3O5. The fourth-order valence-electron chi connectivity index (χ4n) is 2.88. The maximum absolute atomic E-state index is 13.1. The number of nitro benzene ring substituents is 1. The highest BCUT2D eigenvalue weighted by Gasteiger charge is 2.19. The number of benzene rings is 3. The van der Waals surface area contributed by atoms with Gasteiger partial charge < -0.3 is 15.4 Å². The largest absolute Gasteiger partial charge is 0.496 e. The zero-order chi connectivity index (χ0) is 24.8. The number of nitrogens with zero attached hydrogens (tertiary/aromatic N) is 1. The molecular weight excluding hydrogens is 549 g/mol. The van der Waals surface area contributed by atoms with Gasteiger partial charge in [-0.25, -0.2) is 0 Å². The quantitative estimate of drug-likeness (QED) is 0.205. The van der Waals surface area contributed by atoms with Gasteiger partial charge in [-0.2, -0.15) is 0 Å². The number of carbonyl (C=O) groups excluding carboxylic acids is 2. The van der Waals surface area contributed by atoms with E-state index in [-0.39, 0.29) is 22.7 Å². The van der Waals surface area contributed by atoms with Crippen LogP contribution in [-0.2, 0) is 4.79 Å².